The molecule has 5 nitrogen and oxygen atoms in total. The molecule has 1 atom stereocenters. The van der Waals surface area contributed by atoms with E-state index in [2.05, 4.69) is 50.4 Å². The second-order valence-corrected chi connectivity index (χ2v) is 10.4. The van der Waals surface area contributed by atoms with Gasteiger partial charge in [0.1, 0.15) is 11.8 Å². The smallest absolute Gasteiger partial charge is 0.243 e. The van der Waals surface area contributed by atoms with E-state index in [1.54, 1.807) is 12.0 Å². The topological polar surface area (TPSA) is 58.6 Å². The molecular weight excluding hydrogens is 460 g/mol. The lowest BCUT2D eigenvalue weighted by molar-refractivity contribution is -0.141. The maximum Gasteiger partial charge on any atom is 0.243 e. The first-order valence-corrected chi connectivity index (χ1v) is 13.0. The molecule has 1 unspecified atom stereocenters. The first-order chi connectivity index (χ1) is 17.7. The molecular formula is C32H40N2O3. The lowest BCUT2D eigenvalue weighted by Crippen LogP contribution is -2.50. The first kappa shape index (κ1) is 28.0. The molecule has 0 spiro atoms. The van der Waals surface area contributed by atoms with Crippen LogP contribution in [0.1, 0.15) is 56.4 Å². The maximum absolute atomic E-state index is 13.8. The second-order valence-electron chi connectivity index (χ2n) is 10.4. The number of nitrogens with one attached hydrogen (secondary N) is 1. The summed E-state index contributed by atoms with van der Waals surface area (Å²) in [5.74, 6) is 0.536. The minimum absolute atomic E-state index is 0.0464. The van der Waals surface area contributed by atoms with E-state index < -0.39 is 6.04 Å². The largest absolute Gasteiger partial charge is 0.497 e. The standard InChI is InChI=1S/C32H40N2O3/c1-6-33-31(36)29(22-25-11-8-7-9-12-25)34(23-26-13-10-14-28(21-26)37-5)30(35)20-17-24-15-18-27(19-16-24)32(2,3)4/h7-16,18-19,21,29H,6,17,20,22-23H2,1-5H3,(H,33,36). The summed E-state index contributed by atoms with van der Waals surface area (Å²) in [4.78, 5) is 28.8. The molecule has 0 saturated heterocycles. The van der Waals surface area contributed by atoms with Gasteiger partial charge in [-0.25, -0.2) is 0 Å². The molecule has 196 valence electrons. The molecule has 0 radical (unpaired) electrons. The number of hydrogen-bond donors (Lipinski definition) is 1. The number of nitrogens with zero attached hydrogens (tertiary/aromatic N) is 1. The zero-order chi connectivity index (χ0) is 26.8. The van der Waals surface area contributed by atoms with E-state index in [0.29, 0.717) is 32.4 Å². The van der Waals surface area contributed by atoms with Crippen molar-refractivity contribution in [2.45, 2.75) is 65.0 Å². The Morgan fingerprint density at radius 2 is 1.57 bits per heavy atom. The fourth-order valence-electron chi connectivity index (χ4n) is 4.38. The molecule has 0 saturated carbocycles. The summed E-state index contributed by atoms with van der Waals surface area (Å²) in [7, 11) is 1.62. The van der Waals surface area contributed by atoms with Crippen molar-refractivity contribution >= 4 is 11.8 Å². The SMILES string of the molecule is CCNC(=O)C(Cc1ccccc1)N(Cc1cccc(OC)c1)C(=O)CCc1ccc(C(C)(C)C)cc1. The maximum atomic E-state index is 13.8. The predicted octanol–water partition coefficient (Wildman–Crippen LogP) is 5.70. The third-order valence-corrected chi connectivity index (χ3v) is 6.56. The molecule has 3 aromatic rings. The van der Waals surface area contributed by atoms with Crippen LogP contribution in [0.3, 0.4) is 0 Å². The summed E-state index contributed by atoms with van der Waals surface area (Å²) in [6.45, 7) is 9.30. The molecule has 0 aliphatic carbocycles. The zero-order valence-corrected chi connectivity index (χ0v) is 22.8. The van der Waals surface area contributed by atoms with E-state index in [1.807, 2.05) is 61.5 Å². The Bertz CT molecular complexity index is 1150. The monoisotopic (exact) mass is 500 g/mol. The second kappa shape index (κ2) is 13.1. The zero-order valence-electron chi connectivity index (χ0n) is 22.8. The van der Waals surface area contributed by atoms with Gasteiger partial charge in [-0.05, 0) is 53.1 Å². The van der Waals surface area contributed by atoms with Gasteiger partial charge in [-0.3, -0.25) is 9.59 Å². The van der Waals surface area contributed by atoms with Crippen LogP contribution in [-0.4, -0.2) is 36.4 Å². The first-order valence-electron chi connectivity index (χ1n) is 13.0. The van der Waals surface area contributed by atoms with E-state index in [4.69, 9.17) is 4.74 Å². The Kier molecular flexibility index (Phi) is 9.90. The van der Waals surface area contributed by atoms with Crippen LogP contribution in [0.15, 0.2) is 78.9 Å². The van der Waals surface area contributed by atoms with Gasteiger partial charge in [0, 0.05) is 25.9 Å². The molecule has 0 fully saturated rings. The van der Waals surface area contributed by atoms with E-state index >= 15 is 0 Å². The normalized spacial score (nSPS) is 12.0. The number of methoxy groups -OCH3 is 1. The summed E-state index contributed by atoms with van der Waals surface area (Å²) in [5.41, 5.74) is 4.39. The number of ether oxygens (including phenoxy) is 1. The number of benzene rings is 3. The minimum atomic E-state index is -0.621. The van der Waals surface area contributed by atoms with Gasteiger partial charge in [0.05, 0.1) is 7.11 Å². The van der Waals surface area contributed by atoms with Gasteiger partial charge in [-0.2, -0.15) is 0 Å². The fourth-order valence-corrected chi connectivity index (χ4v) is 4.38. The number of likely N-dealkylation sites (N-methyl/N-ethyl adjacent to an activating group) is 1. The number of rotatable bonds is 11. The van der Waals surface area contributed by atoms with Crippen LogP contribution in [0.5, 0.6) is 5.75 Å². The predicted molar refractivity (Wildman–Crippen MR) is 150 cm³/mol. The van der Waals surface area contributed by atoms with E-state index in [9.17, 15) is 9.59 Å². The minimum Gasteiger partial charge on any atom is -0.497 e. The summed E-state index contributed by atoms with van der Waals surface area (Å²) < 4.78 is 5.40. The van der Waals surface area contributed by atoms with Gasteiger partial charge in [-0.1, -0.05) is 87.5 Å². The van der Waals surface area contributed by atoms with E-state index in [-0.39, 0.29) is 17.2 Å². The summed E-state index contributed by atoms with van der Waals surface area (Å²) in [6, 6.07) is 25.4. The number of amides is 2. The highest BCUT2D eigenvalue weighted by molar-refractivity contribution is 5.88. The number of aryl methyl sites for hydroxylation is 1. The Hall–Kier alpha value is -3.60. The Morgan fingerprint density at radius 1 is 0.892 bits per heavy atom. The quantitative estimate of drug-likeness (QED) is 0.367. The third kappa shape index (κ3) is 8.21. The molecule has 2 amide bonds. The molecule has 5 heteroatoms. The van der Waals surface area contributed by atoms with Gasteiger partial charge in [0.2, 0.25) is 11.8 Å². The van der Waals surface area contributed by atoms with Crippen LogP contribution in [0.25, 0.3) is 0 Å². The third-order valence-electron chi connectivity index (χ3n) is 6.56. The van der Waals surface area contributed by atoms with Crippen molar-refractivity contribution in [1.82, 2.24) is 10.2 Å². The van der Waals surface area contributed by atoms with E-state index in [0.717, 1.165) is 22.4 Å². The lowest BCUT2D eigenvalue weighted by atomic mass is 9.86. The molecule has 37 heavy (non-hydrogen) atoms. The summed E-state index contributed by atoms with van der Waals surface area (Å²) in [5, 5.41) is 2.95. The molecule has 1 N–H and O–H groups in total. The van der Waals surface area contributed by atoms with Crippen molar-refractivity contribution in [2.75, 3.05) is 13.7 Å². The van der Waals surface area contributed by atoms with Crippen molar-refractivity contribution in [3.8, 4) is 5.75 Å². The fraction of sp³-hybridized carbons (Fsp3) is 0.375. The molecule has 0 bridgehead atoms. The van der Waals surface area contributed by atoms with Crippen LogP contribution in [0.2, 0.25) is 0 Å². The Balaban J connectivity index is 1.87. The van der Waals surface area contributed by atoms with Gasteiger partial charge in [0.15, 0.2) is 0 Å². The van der Waals surface area contributed by atoms with Crippen LogP contribution in [0, 0.1) is 0 Å². The molecule has 3 aromatic carbocycles. The van der Waals surface area contributed by atoms with Crippen molar-refractivity contribution in [3.63, 3.8) is 0 Å². The lowest BCUT2D eigenvalue weighted by Gasteiger charge is -2.31. The highest BCUT2D eigenvalue weighted by Gasteiger charge is 2.30. The number of carbonyl (C=O) groups is 2. The number of carbonyl (C=O) groups excluding carboxylic acids is 2. The summed E-state index contributed by atoms with van der Waals surface area (Å²) >= 11 is 0. The van der Waals surface area contributed by atoms with Crippen LogP contribution >= 0.6 is 0 Å². The van der Waals surface area contributed by atoms with Crippen molar-refractivity contribution in [3.05, 3.63) is 101 Å². The average Bonchev–Trinajstić information content (AvgIpc) is 2.90. The van der Waals surface area contributed by atoms with Crippen LogP contribution in [-0.2, 0) is 34.4 Å². The Labute approximate surface area is 221 Å². The molecule has 3 rings (SSSR count). The van der Waals surface area contributed by atoms with Crippen molar-refractivity contribution in [2.24, 2.45) is 0 Å². The van der Waals surface area contributed by atoms with Crippen LogP contribution < -0.4 is 10.1 Å². The van der Waals surface area contributed by atoms with Gasteiger partial charge < -0.3 is 15.0 Å². The van der Waals surface area contributed by atoms with E-state index in [1.165, 1.54) is 5.56 Å². The molecule has 0 aromatic heterocycles. The Morgan fingerprint density at radius 3 is 2.19 bits per heavy atom. The van der Waals surface area contributed by atoms with Gasteiger partial charge in [-0.15, -0.1) is 0 Å². The number of hydrogen-bond acceptors (Lipinski definition) is 3. The van der Waals surface area contributed by atoms with Crippen molar-refractivity contribution in [1.29, 1.82) is 0 Å². The molecule has 0 heterocycles. The molecule has 0 aliphatic heterocycles. The van der Waals surface area contributed by atoms with Crippen LogP contribution in [0.4, 0.5) is 0 Å². The van der Waals surface area contributed by atoms with Gasteiger partial charge in [0.25, 0.3) is 0 Å². The average molecular weight is 501 g/mol. The van der Waals surface area contributed by atoms with Crippen molar-refractivity contribution < 1.29 is 14.3 Å². The highest BCUT2D eigenvalue weighted by atomic mass is 16.5. The molecule has 0 aliphatic rings. The van der Waals surface area contributed by atoms with Gasteiger partial charge >= 0.3 is 0 Å². The summed E-state index contributed by atoms with van der Waals surface area (Å²) in [6.07, 6.45) is 1.39. The highest BCUT2D eigenvalue weighted by Crippen LogP contribution is 2.23.